The molecular weight excluding hydrogens is 286 g/mol. The van der Waals surface area contributed by atoms with Gasteiger partial charge in [0, 0.05) is 50.8 Å². The number of hydrogen-bond acceptors (Lipinski definition) is 5. The third kappa shape index (κ3) is 3.20. The van der Waals surface area contributed by atoms with E-state index in [0.717, 1.165) is 49.5 Å². The predicted octanol–water partition coefficient (Wildman–Crippen LogP) is 2.14. The van der Waals surface area contributed by atoms with E-state index in [1.54, 1.807) is 12.4 Å². The fraction of sp³-hybridized carbons (Fsp3) is 0.500. The second-order valence-corrected chi connectivity index (χ2v) is 6.78. The van der Waals surface area contributed by atoms with Gasteiger partial charge in [-0.05, 0) is 37.3 Å². The largest absolute Gasteiger partial charge is 0.355 e. The van der Waals surface area contributed by atoms with Crippen LogP contribution in [0.3, 0.4) is 0 Å². The van der Waals surface area contributed by atoms with Gasteiger partial charge in [-0.15, -0.1) is 0 Å². The molecule has 23 heavy (non-hydrogen) atoms. The summed E-state index contributed by atoms with van der Waals surface area (Å²) >= 11 is 0. The highest BCUT2D eigenvalue weighted by molar-refractivity contribution is 5.36. The van der Waals surface area contributed by atoms with Crippen molar-refractivity contribution in [3.8, 4) is 0 Å². The van der Waals surface area contributed by atoms with Crippen LogP contribution in [0.2, 0.25) is 0 Å². The first-order chi connectivity index (χ1) is 11.3. The van der Waals surface area contributed by atoms with E-state index in [0.29, 0.717) is 0 Å². The minimum absolute atomic E-state index is 0.732. The van der Waals surface area contributed by atoms with Crippen molar-refractivity contribution in [3.63, 3.8) is 0 Å². The molecule has 4 rings (SSSR count). The molecule has 0 N–H and O–H groups in total. The first kappa shape index (κ1) is 14.6. The number of pyridine rings is 1. The Morgan fingerprint density at radius 2 is 2.04 bits per heavy atom. The Hall–Kier alpha value is -2.01. The van der Waals surface area contributed by atoms with Crippen molar-refractivity contribution in [1.29, 1.82) is 0 Å². The monoisotopic (exact) mass is 309 g/mol. The van der Waals surface area contributed by atoms with E-state index < -0.39 is 0 Å². The molecule has 0 radical (unpaired) electrons. The van der Waals surface area contributed by atoms with Gasteiger partial charge < -0.3 is 4.90 Å². The molecule has 0 unspecified atom stereocenters. The van der Waals surface area contributed by atoms with Gasteiger partial charge in [0.1, 0.15) is 5.82 Å². The van der Waals surface area contributed by atoms with Gasteiger partial charge in [-0.1, -0.05) is 6.07 Å². The Bertz CT molecular complexity index is 659. The first-order valence-corrected chi connectivity index (χ1v) is 8.44. The van der Waals surface area contributed by atoms with Crippen LogP contribution in [0.4, 0.5) is 5.82 Å². The number of aromatic nitrogens is 3. The average Bonchev–Trinajstić information content (AvgIpc) is 2.97. The van der Waals surface area contributed by atoms with Gasteiger partial charge in [0.2, 0.25) is 0 Å². The first-order valence-electron chi connectivity index (χ1n) is 8.44. The molecule has 4 heterocycles. The lowest BCUT2D eigenvalue weighted by Crippen LogP contribution is -2.40. The van der Waals surface area contributed by atoms with Crippen molar-refractivity contribution in [2.45, 2.75) is 19.9 Å². The Morgan fingerprint density at radius 3 is 2.87 bits per heavy atom. The molecule has 0 aliphatic carbocycles. The van der Waals surface area contributed by atoms with Crippen molar-refractivity contribution >= 4 is 5.82 Å². The fourth-order valence-electron chi connectivity index (χ4n) is 3.97. The van der Waals surface area contributed by atoms with E-state index >= 15 is 0 Å². The van der Waals surface area contributed by atoms with E-state index in [4.69, 9.17) is 0 Å². The quantitative estimate of drug-likeness (QED) is 0.869. The zero-order valence-corrected chi connectivity index (χ0v) is 13.6. The molecule has 0 amide bonds. The Balaban J connectivity index is 1.40. The van der Waals surface area contributed by atoms with Crippen molar-refractivity contribution in [1.82, 2.24) is 19.9 Å². The topological polar surface area (TPSA) is 45.2 Å². The number of nitrogens with zero attached hydrogens (tertiary/aromatic N) is 5. The summed E-state index contributed by atoms with van der Waals surface area (Å²) < 4.78 is 0. The van der Waals surface area contributed by atoms with E-state index in [2.05, 4.69) is 49.9 Å². The Labute approximate surface area is 137 Å². The number of fused-ring (bicyclic) bond motifs is 1. The standard InChI is InChI=1S/C18H23N5/c1-14-3-2-4-17(21-14)13-22-10-15-5-8-23(12-16(15)11-22)18-9-19-6-7-20-18/h2-4,6-7,9,15-16H,5,8,10-13H2,1H3/t15-,16-/m0/s1. The summed E-state index contributed by atoms with van der Waals surface area (Å²) in [6.07, 6.45) is 6.65. The smallest absolute Gasteiger partial charge is 0.147 e. The molecule has 2 aliphatic rings. The highest BCUT2D eigenvalue weighted by Gasteiger charge is 2.37. The van der Waals surface area contributed by atoms with E-state index in [9.17, 15) is 0 Å². The molecule has 0 saturated carbocycles. The van der Waals surface area contributed by atoms with Gasteiger partial charge in [-0.2, -0.15) is 0 Å². The lowest BCUT2D eigenvalue weighted by molar-refractivity contribution is 0.310. The number of likely N-dealkylation sites (tertiary alicyclic amines) is 1. The van der Waals surface area contributed by atoms with Gasteiger partial charge in [0.05, 0.1) is 11.9 Å². The molecule has 2 aromatic rings. The van der Waals surface area contributed by atoms with E-state index in [-0.39, 0.29) is 0 Å². The van der Waals surface area contributed by atoms with Crippen molar-refractivity contribution < 1.29 is 0 Å². The SMILES string of the molecule is Cc1cccc(CN2C[C@@H]3CCN(c4cnccn4)C[C@@H]3C2)n1. The third-order valence-corrected chi connectivity index (χ3v) is 5.08. The van der Waals surface area contributed by atoms with Gasteiger partial charge >= 0.3 is 0 Å². The molecule has 2 atom stereocenters. The van der Waals surface area contributed by atoms with Crippen molar-refractivity contribution in [3.05, 3.63) is 48.2 Å². The molecule has 5 heteroatoms. The summed E-state index contributed by atoms with van der Waals surface area (Å²) in [5.74, 6) is 2.56. The Kier molecular flexibility index (Phi) is 3.95. The van der Waals surface area contributed by atoms with Crippen LogP contribution < -0.4 is 4.90 Å². The second kappa shape index (κ2) is 6.24. The highest BCUT2D eigenvalue weighted by Crippen LogP contribution is 2.33. The molecule has 120 valence electrons. The maximum atomic E-state index is 4.65. The zero-order chi connectivity index (χ0) is 15.6. The van der Waals surface area contributed by atoms with Gasteiger partial charge in [-0.3, -0.25) is 14.9 Å². The van der Waals surface area contributed by atoms with Gasteiger partial charge in [0.25, 0.3) is 0 Å². The van der Waals surface area contributed by atoms with Crippen LogP contribution in [0.15, 0.2) is 36.8 Å². The molecule has 0 spiro atoms. The highest BCUT2D eigenvalue weighted by atomic mass is 15.2. The molecule has 0 aromatic carbocycles. The molecule has 2 aliphatic heterocycles. The van der Waals surface area contributed by atoms with Crippen LogP contribution in [0.5, 0.6) is 0 Å². The van der Waals surface area contributed by atoms with Crippen LogP contribution in [0.25, 0.3) is 0 Å². The van der Waals surface area contributed by atoms with E-state index in [1.807, 2.05) is 6.20 Å². The minimum Gasteiger partial charge on any atom is -0.355 e. The number of piperidine rings is 1. The maximum absolute atomic E-state index is 4.65. The molecule has 0 bridgehead atoms. The molecule has 2 aromatic heterocycles. The predicted molar refractivity (Wildman–Crippen MR) is 90.1 cm³/mol. The minimum atomic E-state index is 0.732. The maximum Gasteiger partial charge on any atom is 0.147 e. The number of hydrogen-bond donors (Lipinski definition) is 0. The number of aryl methyl sites for hydroxylation is 1. The van der Waals surface area contributed by atoms with Crippen LogP contribution in [0, 0.1) is 18.8 Å². The zero-order valence-electron chi connectivity index (χ0n) is 13.6. The van der Waals surface area contributed by atoms with E-state index in [1.165, 1.54) is 18.7 Å². The van der Waals surface area contributed by atoms with Crippen LogP contribution in [0.1, 0.15) is 17.8 Å². The van der Waals surface area contributed by atoms with Crippen molar-refractivity contribution in [2.24, 2.45) is 11.8 Å². The molecule has 2 saturated heterocycles. The normalized spacial score (nSPS) is 24.7. The summed E-state index contributed by atoms with van der Waals surface area (Å²) in [5.41, 5.74) is 2.29. The summed E-state index contributed by atoms with van der Waals surface area (Å²) in [6.45, 7) is 7.59. The summed E-state index contributed by atoms with van der Waals surface area (Å²) in [6, 6.07) is 6.31. The lowest BCUT2D eigenvalue weighted by atomic mass is 9.89. The van der Waals surface area contributed by atoms with Gasteiger partial charge in [-0.25, -0.2) is 4.98 Å². The number of rotatable bonds is 3. The molecule has 2 fully saturated rings. The second-order valence-electron chi connectivity index (χ2n) is 6.78. The summed E-state index contributed by atoms with van der Waals surface area (Å²) in [5, 5.41) is 0. The molecular formula is C18H23N5. The van der Waals surface area contributed by atoms with Crippen molar-refractivity contribution in [2.75, 3.05) is 31.1 Å². The molecule has 5 nitrogen and oxygen atoms in total. The average molecular weight is 309 g/mol. The van der Waals surface area contributed by atoms with Gasteiger partial charge in [0.15, 0.2) is 0 Å². The fourth-order valence-corrected chi connectivity index (χ4v) is 3.97. The Morgan fingerprint density at radius 1 is 1.13 bits per heavy atom. The number of anilines is 1. The van der Waals surface area contributed by atoms with Crippen LogP contribution in [-0.4, -0.2) is 46.0 Å². The summed E-state index contributed by atoms with van der Waals surface area (Å²) in [7, 11) is 0. The van der Waals surface area contributed by atoms with Crippen LogP contribution in [-0.2, 0) is 6.54 Å². The lowest BCUT2D eigenvalue weighted by Gasteiger charge is -2.34. The summed E-state index contributed by atoms with van der Waals surface area (Å²) in [4.78, 5) is 18.3. The third-order valence-electron chi connectivity index (χ3n) is 5.08. The van der Waals surface area contributed by atoms with Crippen LogP contribution >= 0.6 is 0 Å².